The molecule has 0 N–H and O–H groups in total. The molecule has 0 atom stereocenters. The van der Waals surface area contributed by atoms with Crippen molar-refractivity contribution >= 4 is 0 Å². The molecule has 1 aromatic rings. The fraction of sp³-hybridized carbons (Fsp3) is 0.250. The van der Waals surface area contributed by atoms with Crippen molar-refractivity contribution < 1.29 is 13.2 Å². The van der Waals surface area contributed by atoms with Gasteiger partial charge in [-0.05, 0) is 0 Å². The number of rotatable bonds is 2. The van der Waals surface area contributed by atoms with E-state index in [0.29, 0.717) is 6.07 Å². The first-order chi connectivity index (χ1) is 6.15. The maximum absolute atomic E-state index is 12.9. The summed E-state index contributed by atoms with van der Waals surface area (Å²) in [4.78, 5) is 3.32. The van der Waals surface area contributed by atoms with Crippen molar-refractivity contribution in [2.45, 2.75) is 12.8 Å². The van der Waals surface area contributed by atoms with Gasteiger partial charge in [-0.25, -0.2) is 13.2 Å². The maximum Gasteiger partial charge on any atom is 0.280 e. The largest absolute Gasteiger partial charge is 0.280 e. The Morgan fingerprint density at radius 1 is 1.54 bits per heavy atom. The van der Waals surface area contributed by atoms with Gasteiger partial charge in [-0.2, -0.15) is 5.26 Å². The molecule has 0 unspecified atom stereocenters. The van der Waals surface area contributed by atoms with Gasteiger partial charge in [0.2, 0.25) is 0 Å². The molecule has 0 saturated heterocycles. The summed E-state index contributed by atoms with van der Waals surface area (Å²) in [6, 6.07) is 2.36. The highest BCUT2D eigenvalue weighted by Gasteiger charge is 2.11. The third kappa shape index (κ3) is 2.18. The zero-order chi connectivity index (χ0) is 9.84. The van der Waals surface area contributed by atoms with Crippen LogP contribution in [-0.4, -0.2) is 4.98 Å². The van der Waals surface area contributed by atoms with Crippen LogP contribution in [0.3, 0.4) is 0 Å². The number of pyridine rings is 1. The van der Waals surface area contributed by atoms with Gasteiger partial charge in [0.1, 0.15) is 11.5 Å². The summed E-state index contributed by atoms with van der Waals surface area (Å²) in [5, 5.41) is 8.23. The molecule has 2 nitrogen and oxygen atoms in total. The first-order valence-corrected chi connectivity index (χ1v) is 3.44. The smallest absolute Gasteiger partial charge is 0.255 e. The fourth-order valence-electron chi connectivity index (χ4n) is 0.809. The van der Waals surface area contributed by atoms with Crippen LogP contribution in [0, 0.1) is 17.1 Å². The van der Waals surface area contributed by atoms with E-state index in [2.05, 4.69) is 4.98 Å². The second-order valence-electron chi connectivity index (χ2n) is 2.34. The highest BCUT2D eigenvalue weighted by atomic mass is 19.3. The number of halogens is 3. The molecule has 0 saturated carbocycles. The molecule has 1 aromatic heterocycles. The summed E-state index contributed by atoms with van der Waals surface area (Å²) >= 11 is 0. The summed E-state index contributed by atoms with van der Waals surface area (Å²) in [6.45, 7) is 0. The predicted molar refractivity (Wildman–Crippen MR) is 38.5 cm³/mol. The molecular weight excluding hydrogens is 181 g/mol. The quantitative estimate of drug-likeness (QED) is 0.710. The topological polar surface area (TPSA) is 36.7 Å². The van der Waals surface area contributed by atoms with Crippen LogP contribution in [0.2, 0.25) is 0 Å². The lowest BCUT2D eigenvalue weighted by Gasteiger charge is -2.00. The van der Waals surface area contributed by atoms with E-state index < -0.39 is 17.9 Å². The van der Waals surface area contributed by atoms with Gasteiger partial charge in [0.05, 0.1) is 12.5 Å². The molecule has 0 radical (unpaired) electrons. The van der Waals surface area contributed by atoms with Crippen molar-refractivity contribution in [1.82, 2.24) is 4.98 Å². The van der Waals surface area contributed by atoms with Gasteiger partial charge in [-0.3, -0.25) is 4.98 Å². The van der Waals surface area contributed by atoms with E-state index in [1.165, 1.54) is 0 Å². The standard InChI is InChI=1S/C8H5F3N2/c9-6-3-7(8(10)11)13-4-5(6)1-2-12/h3-4,8H,1H2. The summed E-state index contributed by atoms with van der Waals surface area (Å²) in [5.74, 6) is -0.813. The Morgan fingerprint density at radius 2 is 2.23 bits per heavy atom. The van der Waals surface area contributed by atoms with Crippen LogP contribution >= 0.6 is 0 Å². The number of hydrogen-bond acceptors (Lipinski definition) is 2. The van der Waals surface area contributed by atoms with E-state index in [1.54, 1.807) is 6.07 Å². The van der Waals surface area contributed by atoms with E-state index in [1.807, 2.05) is 0 Å². The monoisotopic (exact) mass is 186 g/mol. The second-order valence-corrected chi connectivity index (χ2v) is 2.34. The van der Waals surface area contributed by atoms with Crippen molar-refractivity contribution in [3.63, 3.8) is 0 Å². The van der Waals surface area contributed by atoms with Gasteiger partial charge < -0.3 is 0 Å². The number of alkyl halides is 2. The molecule has 1 heterocycles. The minimum Gasteiger partial charge on any atom is -0.255 e. The molecule has 0 aliphatic carbocycles. The Morgan fingerprint density at radius 3 is 2.69 bits per heavy atom. The number of nitrogens with zero attached hydrogens (tertiary/aromatic N) is 2. The van der Waals surface area contributed by atoms with Crippen molar-refractivity contribution in [2.75, 3.05) is 0 Å². The first kappa shape index (κ1) is 9.52. The third-order valence-electron chi connectivity index (χ3n) is 1.44. The number of hydrogen-bond donors (Lipinski definition) is 0. The fourth-order valence-corrected chi connectivity index (χ4v) is 0.809. The van der Waals surface area contributed by atoms with Crippen molar-refractivity contribution in [3.05, 3.63) is 29.3 Å². The SMILES string of the molecule is N#CCc1cnc(C(F)F)cc1F. The zero-order valence-electron chi connectivity index (χ0n) is 6.47. The normalized spacial score (nSPS) is 10.1. The highest BCUT2D eigenvalue weighted by molar-refractivity contribution is 5.20. The molecule has 0 aliphatic rings. The molecule has 0 spiro atoms. The summed E-state index contributed by atoms with van der Waals surface area (Å²) in [7, 11) is 0. The van der Waals surface area contributed by atoms with Crippen LogP contribution in [0.15, 0.2) is 12.3 Å². The molecule has 0 aliphatic heterocycles. The van der Waals surface area contributed by atoms with Crippen LogP contribution in [0.4, 0.5) is 13.2 Å². The summed E-state index contributed by atoms with van der Waals surface area (Å²) in [5.41, 5.74) is -0.578. The summed E-state index contributed by atoms with van der Waals surface area (Å²) in [6.07, 6.45) is -1.99. The average molecular weight is 186 g/mol. The van der Waals surface area contributed by atoms with Crippen molar-refractivity contribution in [1.29, 1.82) is 5.26 Å². The molecule has 0 fully saturated rings. The molecule has 1 rings (SSSR count). The minimum absolute atomic E-state index is 0.0342. The maximum atomic E-state index is 12.9. The van der Waals surface area contributed by atoms with Crippen LogP contribution in [-0.2, 0) is 6.42 Å². The molecule has 13 heavy (non-hydrogen) atoms. The highest BCUT2D eigenvalue weighted by Crippen LogP contribution is 2.18. The lowest BCUT2D eigenvalue weighted by molar-refractivity contribution is 0.145. The zero-order valence-corrected chi connectivity index (χ0v) is 6.47. The third-order valence-corrected chi connectivity index (χ3v) is 1.44. The Kier molecular flexibility index (Phi) is 2.85. The lowest BCUT2D eigenvalue weighted by Crippen LogP contribution is -1.96. The molecule has 0 aromatic carbocycles. The second kappa shape index (κ2) is 3.90. The van der Waals surface area contributed by atoms with Crippen LogP contribution in [0.25, 0.3) is 0 Å². The molecule has 5 heteroatoms. The van der Waals surface area contributed by atoms with E-state index in [9.17, 15) is 13.2 Å². The van der Waals surface area contributed by atoms with Crippen LogP contribution < -0.4 is 0 Å². The van der Waals surface area contributed by atoms with Gasteiger partial charge in [0, 0.05) is 17.8 Å². The van der Waals surface area contributed by atoms with Crippen LogP contribution in [0.5, 0.6) is 0 Å². The van der Waals surface area contributed by atoms with Crippen molar-refractivity contribution in [2.24, 2.45) is 0 Å². The molecule has 0 bridgehead atoms. The Hall–Kier alpha value is -1.57. The van der Waals surface area contributed by atoms with E-state index in [4.69, 9.17) is 5.26 Å². The molecule has 68 valence electrons. The lowest BCUT2D eigenvalue weighted by atomic mass is 10.2. The summed E-state index contributed by atoms with van der Waals surface area (Å²) < 4.78 is 36.8. The first-order valence-electron chi connectivity index (χ1n) is 3.44. The Bertz CT molecular complexity index is 344. The van der Waals surface area contributed by atoms with Gasteiger partial charge >= 0.3 is 0 Å². The van der Waals surface area contributed by atoms with Gasteiger partial charge in [-0.15, -0.1) is 0 Å². The van der Waals surface area contributed by atoms with E-state index >= 15 is 0 Å². The molecule has 0 amide bonds. The van der Waals surface area contributed by atoms with Gasteiger partial charge in [-0.1, -0.05) is 0 Å². The van der Waals surface area contributed by atoms with Gasteiger partial charge in [0.15, 0.2) is 0 Å². The van der Waals surface area contributed by atoms with Crippen LogP contribution in [0.1, 0.15) is 17.7 Å². The average Bonchev–Trinajstić information content (AvgIpc) is 2.08. The van der Waals surface area contributed by atoms with E-state index in [0.717, 1.165) is 6.20 Å². The number of nitriles is 1. The number of aromatic nitrogens is 1. The Labute approximate surface area is 72.6 Å². The van der Waals surface area contributed by atoms with Gasteiger partial charge in [0.25, 0.3) is 6.43 Å². The predicted octanol–water partition coefficient (Wildman–Crippen LogP) is 2.22. The van der Waals surface area contributed by atoms with E-state index in [-0.39, 0.29) is 12.0 Å². The molecular formula is C8H5F3N2. The van der Waals surface area contributed by atoms with Crippen molar-refractivity contribution in [3.8, 4) is 6.07 Å². The minimum atomic E-state index is -2.79. The Balaban J connectivity index is 3.00.